The van der Waals surface area contributed by atoms with E-state index < -0.39 is 0 Å². The average molecular weight is 355 g/mol. The molecular formula is C14H13Br2N. The topological polar surface area (TPSA) is 26.0 Å². The maximum Gasteiger partial charge on any atom is 0.0336 e. The zero-order valence-electron chi connectivity index (χ0n) is 9.24. The highest BCUT2D eigenvalue weighted by Crippen LogP contribution is 2.25. The molecule has 3 heteroatoms. The summed E-state index contributed by atoms with van der Waals surface area (Å²) >= 11 is 7.04. The van der Waals surface area contributed by atoms with E-state index in [2.05, 4.69) is 50.1 Å². The molecule has 2 aromatic rings. The molecule has 0 saturated heterocycles. The Kier molecular flexibility index (Phi) is 4.37. The van der Waals surface area contributed by atoms with Gasteiger partial charge in [-0.05, 0) is 35.7 Å². The summed E-state index contributed by atoms with van der Waals surface area (Å²) in [6, 6.07) is 16.4. The van der Waals surface area contributed by atoms with Gasteiger partial charge in [-0.25, -0.2) is 0 Å². The van der Waals surface area contributed by atoms with Crippen LogP contribution in [0.2, 0.25) is 0 Å². The molecule has 0 aliphatic carbocycles. The predicted octanol–water partition coefficient (Wildman–Crippen LogP) is 4.45. The molecule has 0 radical (unpaired) electrons. The second kappa shape index (κ2) is 5.80. The summed E-state index contributed by atoms with van der Waals surface area (Å²) in [7, 11) is 0. The quantitative estimate of drug-likeness (QED) is 0.865. The lowest BCUT2D eigenvalue weighted by Crippen LogP contribution is -2.13. The van der Waals surface area contributed by atoms with Gasteiger partial charge in [0.1, 0.15) is 0 Å². The molecule has 0 amide bonds. The van der Waals surface area contributed by atoms with Crippen LogP contribution in [0.15, 0.2) is 57.5 Å². The molecule has 0 aliphatic heterocycles. The number of hydrogen-bond acceptors (Lipinski definition) is 1. The summed E-state index contributed by atoms with van der Waals surface area (Å²) in [6.45, 7) is 0. The molecule has 2 aromatic carbocycles. The van der Waals surface area contributed by atoms with Crippen LogP contribution in [-0.2, 0) is 6.42 Å². The van der Waals surface area contributed by atoms with Gasteiger partial charge >= 0.3 is 0 Å². The van der Waals surface area contributed by atoms with Crippen molar-refractivity contribution < 1.29 is 0 Å². The van der Waals surface area contributed by atoms with Gasteiger partial charge in [0.15, 0.2) is 0 Å². The Bertz CT molecular complexity index is 497. The van der Waals surface area contributed by atoms with E-state index in [9.17, 15) is 0 Å². The fraction of sp³-hybridized carbons (Fsp3) is 0.143. The summed E-state index contributed by atoms with van der Waals surface area (Å²) in [5, 5.41) is 0. The molecule has 0 aliphatic rings. The first kappa shape index (κ1) is 12.8. The van der Waals surface area contributed by atoms with Crippen LogP contribution in [-0.4, -0.2) is 0 Å². The first-order valence-electron chi connectivity index (χ1n) is 5.41. The largest absolute Gasteiger partial charge is 0.324 e. The highest BCUT2D eigenvalue weighted by Gasteiger charge is 2.09. The molecule has 0 bridgehead atoms. The Labute approximate surface area is 118 Å². The SMILES string of the molecule is NC(Cc1cc(Br)ccc1Br)c1ccccc1. The first-order valence-corrected chi connectivity index (χ1v) is 7.00. The van der Waals surface area contributed by atoms with Crippen molar-refractivity contribution in [3.8, 4) is 0 Å². The van der Waals surface area contributed by atoms with Crippen molar-refractivity contribution in [2.24, 2.45) is 5.73 Å². The lowest BCUT2D eigenvalue weighted by Gasteiger charge is -2.13. The summed E-state index contributed by atoms with van der Waals surface area (Å²) in [5.74, 6) is 0. The van der Waals surface area contributed by atoms with Crippen LogP contribution in [0.1, 0.15) is 17.2 Å². The first-order chi connectivity index (χ1) is 8.16. The zero-order valence-corrected chi connectivity index (χ0v) is 12.4. The molecule has 0 heterocycles. The van der Waals surface area contributed by atoms with E-state index in [0.29, 0.717) is 0 Å². The van der Waals surface area contributed by atoms with Crippen molar-refractivity contribution in [1.29, 1.82) is 0 Å². The predicted molar refractivity (Wildman–Crippen MR) is 78.9 cm³/mol. The summed E-state index contributed by atoms with van der Waals surface area (Å²) in [6.07, 6.45) is 0.823. The monoisotopic (exact) mass is 353 g/mol. The van der Waals surface area contributed by atoms with Crippen LogP contribution < -0.4 is 5.73 Å². The van der Waals surface area contributed by atoms with Gasteiger partial charge in [0, 0.05) is 15.0 Å². The molecular weight excluding hydrogens is 342 g/mol. The van der Waals surface area contributed by atoms with E-state index in [1.165, 1.54) is 11.1 Å². The van der Waals surface area contributed by atoms with Gasteiger partial charge in [0.2, 0.25) is 0 Å². The Morgan fingerprint density at radius 1 is 1.00 bits per heavy atom. The highest BCUT2D eigenvalue weighted by molar-refractivity contribution is 9.11. The van der Waals surface area contributed by atoms with Crippen LogP contribution in [0, 0.1) is 0 Å². The summed E-state index contributed by atoms with van der Waals surface area (Å²) in [5.41, 5.74) is 8.59. The van der Waals surface area contributed by atoms with Gasteiger partial charge in [-0.1, -0.05) is 62.2 Å². The number of nitrogens with two attached hydrogens (primary N) is 1. The maximum atomic E-state index is 6.21. The normalized spacial score (nSPS) is 12.4. The lowest BCUT2D eigenvalue weighted by atomic mass is 10.00. The van der Waals surface area contributed by atoms with Crippen molar-refractivity contribution in [1.82, 2.24) is 0 Å². The smallest absolute Gasteiger partial charge is 0.0336 e. The van der Waals surface area contributed by atoms with Gasteiger partial charge < -0.3 is 5.73 Å². The molecule has 0 aromatic heterocycles. The Morgan fingerprint density at radius 2 is 1.71 bits per heavy atom. The van der Waals surface area contributed by atoms with Crippen LogP contribution in [0.25, 0.3) is 0 Å². The molecule has 0 saturated carbocycles. The lowest BCUT2D eigenvalue weighted by molar-refractivity contribution is 0.719. The standard InChI is InChI=1S/C14H13Br2N/c15-12-6-7-13(16)11(8-12)9-14(17)10-4-2-1-3-5-10/h1-8,14H,9,17H2. The molecule has 1 atom stereocenters. The third-order valence-electron chi connectivity index (χ3n) is 2.68. The highest BCUT2D eigenvalue weighted by atomic mass is 79.9. The minimum absolute atomic E-state index is 0.0294. The fourth-order valence-electron chi connectivity index (χ4n) is 1.75. The summed E-state index contributed by atoms with van der Waals surface area (Å²) in [4.78, 5) is 0. The van der Waals surface area contributed by atoms with E-state index in [4.69, 9.17) is 5.73 Å². The second-order valence-corrected chi connectivity index (χ2v) is 5.73. The zero-order chi connectivity index (χ0) is 12.3. The summed E-state index contributed by atoms with van der Waals surface area (Å²) < 4.78 is 2.18. The van der Waals surface area contributed by atoms with Crippen LogP contribution in [0.5, 0.6) is 0 Å². The fourth-order valence-corrected chi connectivity index (χ4v) is 2.57. The van der Waals surface area contributed by atoms with Crippen LogP contribution in [0.4, 0.5) is 0 Å². The number of benzene rings is 2. The van der Waals surface area contributed by atoms with Crippen molar-refractivity contribution in [2.75, 3.05) is 0 Å². The van der Waals surface area contributed by atoms with Crippen molar-refractivity contribution in [3.05, 3.63) is 68.6 Å². The third-order valence-corrected chi connectivity index (χ3v) is 3.94. The van der Waals surface area contributed by atoms with Crippen molar-refractivity contribution in [3.63, 3.8) is 0 Å². The molecule has 88 valence electrons. The van der Waals surface area contributed by atoms with Crippen molar-refractivity contribution in [2.45, 2.75) is 12.5 Å². The van der Waals surface area contributed by atoms with Gasteiger partial charge in [-0.15, -0.1) is 0 Å². The molecule has 0 spiro atoms. The molecule has 2 N–H and O–H groups in total. The molecule has 2 rings (SSSR count). The minimum atomic E-state index is 0.0294. The van der Waals surface area contributed by atoms with Gasteiger partial charge in [0.05, 0.1) is 0 Å². The van der Waals surface area contributed by atoms with E-state index in [1.54, 1.807) is 0 Å². The van der Waals surface area contributed by atoms with Gasteiger partial charge in [0.25, 0.3) is 0 Å². The maximum absolute atomic E-state index is 6.21. The number of halogens is 2. The average Bonchev–Trinajstić information content (AvgIpc) is 2.35. The van der Waals surface area contributed by atoms with E-state index in [-0.39, 0.29) is 6.04 Å². The Hall–Kier alpha value is -0.640. The van der Waals surface area contributed by atoms with Crippen LogP contribution in [0.3, 0.4) is 0 Å². The Balaban J connectivity index is 2.18. The molecule has 1 nitrogen and oxygen atoms in total. The third kappa shape index (κ3) is 3.41. The van der Waals surface area contributed by atoms with Crippen LogP contribution >= 0.6 is 31.9 Å². The minimum Gasteiger partial charge on any atom is -0.324 e. The molecule has 17 heavy (non-hydrogen) atoms. The van der Waals surface area contributed by atoms with Gasteiger partial charge in [-0.2, -0.15) is 0 Å². The molecule has 1 unspecified atom stereocenters. The molecule has 0 fully saturated rings. The number of hydrogen-bond donors (Lipinski definition) is 1. The second-order valence-electron chi connectivity index (χ2n) is 3.96. The van der Waals surface area contributed by atoms with E-state index in [0.717, 1.165) is 15.4 Å². The van der Waals surface area contributed by atoms with Crippen molar-refractivity contribution >= 4 is 31.9 Å². The van der Waals surface area contributed by atoms with Gasteiger partial charge in [-0.3, -0.25) is 0 Å². The number of rotatable bonds is 3. The van der Waals surface area contributed by atoms with E-state index >= 15 is 0 Å². The van der Waals surface area contributed by atoms with E-state index in [1.807, 2.05) is 30.3 Å². The Morgan fingerprint density at radius 3 is 2.41 bits per heavy atom.